The summed E-state index contributed by atoms with van der Waals surface area (Å²) in [6, 6.07) is 0. The molecule has 8 heteroatoms. The zero-order chi connectivity index (χ0) is 19.8. The van der Waals surface area contributed by atoms with Crippen LogP contribution in [-0.2, 0) is 32.0 Å². The summed E-state index contributed by atoms with van der Waals surface area (Å²) in [5.74, 6) is -0.797. The van der Waals surface area contributed by atoms with Crippen LogP contribution in [0.2, 0.25) is 0 Å². The second-order valence-electron chi connectivity index (χ2n) is 8.15. The molecule has 2 amide bonds. The number of fused-ring (bicyclic) bond motifs is 1. The lowest BCUT2D eigenvalue weighted by molar-refractivity contribution is -0.148. The molecule has 0 saturated carbocycles. The predicted octanol–water partition coefficient (Wildman–Crippen LogP) is 2.40. The first-order valence-electron chi connectivity index (χ1n) is 9.45. The molecule has 1 fully saturated rings. The molecule has 1 aliphatic heterocycles. The molecule has 2 unspecified atom stereocenters. The Bertz CT molecular complexity index is 753. The fourth-order valence-electron chi connectivity index (χ4n) is 3.63. The fourth-order valence-corrected chi connectivity index (χ4v) is 4.72. The molecular formula is C19H27N3O4S. The monoisotopic (exact) mass is 393 g/mol. The van der Waals surface area contributed by atoms with E-state index in [0.717, 1.165) is 17.0 Å². The maximum Gasteiger partial charge on any atom is 0.309 e. The van der Waals surface area contributed by atoms with Crippen LogP contribution in [0.25, 0.3) is 0 Å². The van der Waals surface area contributed by atoms with Gasteiger partial charge >= 0.3 is 5.97 Å². The summed E-state index contributed by atoms with van der Waals surface area (Å²) in [6.45, 7) is 8.54. The number of ether oxygens (including phenoxy) is 1. The van der Waals surface area contributed by atoms with Crippen molar-refractivity contribution in [3.63, 3.8) is 0 Å². The normalized spacial score (nSPS) is 22.5. The van der Waals surface area contributed by atoms with Gasteiger partial charge in [-0.25, -0.2) is 4.98 Å². The Morgan fingerprint density at radius 1 is 1.30 bits per heavy atom. The van der Waals surface area contributed by atoms with Crippen molar-refractivity contribution in [1.29, 1.82) is 0 Å². The van der Waals surface area contributed by atoms with Crippen molar-refractivity contribution < 1.29 is 19.1 Å². The van der Waals surface area contributed by atoms with Gasteiger partial charge < -0.3 is 15.0 Å². The Labute approximate surface area is 163 Å². The Hall–Kier alpha value is -1.96. The van der Waals surface area contributed by atoms with Crippen LogP contribution < -0.4 is 5.32 Å². The molecule has 148 valence electrons. The molecule has 7 nitrogen and oxygen atoms in total. The SMILES string of the molecule is CCOC(=O)C1CCc2nc(NC(=O)C3CC(=O)N(C(C)(C)C)C3)sc2C1. The van der Waals surface area contributed by atoms with Crippen LogP contribution in [0.3, 0.4) is 0 Å². The molecule has 0 aromatic carbocycles. The number of carbonyl (C=O) groups excluding carboxylic acids is 3. The van der Waals surface area contributed by atoms with Crippen LogP contribution in [0, 0.1) is 11.8 Å². The number of carbonyl (C=O) groups is 3. The van der Waals surface area contributed by atoms with Gasteiger partial charge in [-0.15, -0.1) is 11.3 Å². The van der Waals surface area contributed by atoms with E-state index in [1.165, 1.54) is 11.3 Å². The molecule has 0 spiro atoms. The number of hydrogen-bond donors (Lipinski definition) is 1. The number of thiazole rings is 1. The highest BCUT2D eigenvalue weighted by Crippen LogP contribution is 2.34. The third-order valence-corrected chi connectivity index (χ3v) is 6.13. The molecular weight excluding hydrogens is 366 g/mol. The van der Waals surface area contributed by atoms with E-state index in [4.69, 9.17) is 4.74 Å². The molecule has 2 atom stereocenters. The van der Waals surface area contributed by atoms with Crippen molar-refractivity contribution in [2.75, 3.05) is 18.5 Å². The molecule has 1 aliphatic carbocycles. The number of likely N-dealkylation sites (tertiary alicyclic amines) is 1. The Kier molecular flexibility index (Phi) is 5.55. The molecule has 2 heterocycles. The first kappa shape index (κ1) is 19.8. The van der Waals surface area contributed by atoms with Crippen molar-refractivity contribution in [1.82, 2.24) is 9.88 Å². The van der Waals surface area contributed by atoms with Crippen molar-refractivity contribution in [3.8, 4) is 0 Å². The average molecular weight is 394 g/mol. The summed E-state index contributed by atoms with van der Waals surface area (Å²) >= 11 is 1.42. The van der Waals surface area contributed by atoms with Crippen LogP contribution in [0.15, 0.2) is 0 Å². The number of aromatic nitrogens is 1. The summed E-state index contributed by atoms with van der Waals surface area (Å²) in [5, 5.41) is 3.43. The summed E-state index contributed by atoms with van der Waals surface area (Å²) < 4.78 is 5.12. The molecule has 0 bridgehead atoms. The van der Waals surface area contributed by atoms with Gasteiger partial charge in [-0.1, -0.05) is 0 Å². The van der Waals surface area contributed by atoms with E-state index in [1.807, 2.05) is 20.8 Å². The highest BCUT2D eigenvalue weighted by Gasteiger charge is 2.39. The summed E-state index contributed by atoms with van der Waals surface area (Å²) in [5.41, 5.74) is 0.670. The number of rotatable bonds is 4. The highest BCUT2D eigenvalue weighted by molar-refractivity contribution is 7.15. The van der Waals surface area contributed by atoms with Crippen LogP contribution in [-0.4, -0.2) is 46.4 Å². The molecule has 1 aromatic rings. The van der Waals surface area contributed by atoms with Crippen molar-refractivity contribution >= 4 is 34.3 Å². The molecule has 2 aliphatic rings. The van der Waals surface area contributed by atoms with Gasteiger partial charge in [0, 0.05) is 23.4 Å². The fraction of sp³-hybridized carbons (Fsp3) is 0.684. The molecule has 0 radical (unpaired) electrons. The largest absolute Gasteiger partial charge is 0.466 e. The van der Waals surface area contributed by atoms with Crippen LogP contribution in [0.1, 0.15) is 51.1 Å². The molecule has 1 N–H and O–H groups in total. The Morgan fingerprint density at radius 2 is 2.04 bits per heavy atom. The van der Waals surface area contributed by atoms with Crippen molar-refractivity contribution in [2.24, 2.45) is 11.8 Å². The number of nitrogens with zero attached hydrogens (tertiary/aromatic N) is 2. The van der Waals surface area contributed by atoms with Gasteiger partial charge in [0.25, 0.3) is 0 Å². The maximum absolute atomic E-state index is 12.6. The number of anilines is 1. The molecule has 1 saturated heterocycles. The lowest BCUT2D eigenvalue weighted by Gasteiger charge is -2.31. The zero-order valence-electron chi connectivity index (χ0n) is 16.3. The minimum Gasteiger partial charge on any atom is -0.466 e. The second kappa shape index (κ2) is 7.58. The number of esters is 1. The third-order valence-electron chi connectivity index (χ3n) is 5.10. The summed E-state index contributed by atoms with van der Waals surface area (Å²) in [7, 11) is 0. The van der Waals surface area contributed by atoms with E-state index in [0.29, 0.717) is 31.1 Å². The minimum atomic E-state index is -0.357. The van der Waals surface area contributed by atoms with E-state index >= 15 is 0 Å². The van der Waals surface area contributed by atoms with E-state index in [-0.39, 0.29) is 41.6 Å². The third kappa shape index (κ3) is 4.31. The zero-order valence-corrected chi connectivity index (χ0v) is 17.1. The topological polar surface area (TPSA) is 88.6 Å². The van der Waals surface area contributed by atoms with Crippen LogP contribution >= 0.6 is 11.3 Å². The van der Waals surface area contributed by atoms with Gasteiger partial charge in [0.1, 0.15) is 0 Å². The average Bonchev–Trinajstić information content (AvgIpc) is 3.16. The van der Waals surface area contributed by atoms with Crippen molar-refractivity contribution in [2.45, 2.75) is 58.9 Å². The maximum atomic E-state index is 12.6. The van der Waals surface area contributed by atoms with Crippen LogP contribution in [0.4, 0.5) is 5.13 Å². The molecule has 1 aromatic heterocycles. The van der Waals surface area contributed by atoms with E-state index in [2.05, 4.69) is 10.3 Å². The van der Waals surface area contributed by atoms with Gasteiger partial charge in [0.05, 0.1) is 24.1 Å². The lowest BCUT2D eigenvalue weighted by atomic mass is 9.91. The van der Waals surface area contributed by atoms with Gasteiger partial charge in [-0.2, -0.15) is 0 Å². The Morgan fingerprint density at radius 3 is 2.67 bits per heavy atom. The number of amides is 2. The van der Waals surface area contributed by atoms with Gasteiger partial charge in [0.2, 0.25) is 11.8 Å². The standard InChI is InChI=1S/C19H27N3O4S/c1-5-26-17(25)11-6-7-13-14(8-11)27-18(20-13)21-16(24)12-9-15(23)22(10-12)19(2,3)4/h11-12H,5-10H2,1-4H3,(H,20,21,24). The predicted molar refractivity (Wildman–Crippen MR) is 102 cm³/mol. The van der Waals surface area contributed by atoms with E-state index in [1.54, 1.807) is 11.8 Å². The van der Waals surface area contributed by atoms with Crippen molar-refractivity contribution in [3.05, 3.63) is 10.6 Å². The molecule has 27 heavy (non-hydrogen) atoms. The number of aryl methyl sites for hydroxylation is 1. The van der Waals surface area contributed by atoms with E-state index < -0.39 is 0 Å². The van der Waals surface area contributed by atoms with Gasteiger partial charge in [0.15, 0.2) is 5.13 Å². The number of nitrogens with one attached hydrogen (secondary N) is 1. The summed E-state index contributed by atoms with van der Waals surface area (Å²) in [4.78, 5) is 44.1. The van der Waals surface area contributed by atoms with E-state index in [9.17, 15) is 14.4 Å². The quantitative estimate of drug-likeness (QED) is 0.794. The van der Waals surface area contributed by atoms with Crippen LogP contribution in [0.5, 0.6) is 0 Å². The lowest BCUT2D eigenvalue weighted by Crippen LogP contribution is -2.42. The minimum absolute atomic E-state index is 0.0124. The highest BCUT2D eigenvalue weighted by atomic mass is 32.1. The smallest absolute Gasteiger partial charge is 0.309 e. The first-order chi connectivity index (χ1) is 12.7. The first-order valence-corrected chi connectivity index (χ1v) is 10.3. The molecule has 3 rings (SSSR count). The summed E-state index contributed by atoms with van der Waals surface area (Å²) in [6.07, 6.45) is 2.28. The van der Waals surface area contributed by atoms with Gasteiger partial charge in [-0.05, 0) is 47.0 Å². The Balaban J connectivity index is 1.62. The van der Waals surface area contributed by atoms with Gasteiger partial charge in [-0.3, -0.25) is 14.4 Å². The number of hydrogen-bond acceptors (Lipinski definition) is 6. The second-order valence-corrected chi connectivity index (χ2v) is 9.23.